The van der Waals surface area contributed by atoms with Crippen LogP contribution in [-0.4, -0.2) is 46.6 Å². The molecule has 33 heavy (non-hydrogen) atoms. The van der Waals surface area contributed by atoms with Gasteiger partial charge in [-0.15, -0.1) is 0 Å². The molecule has 174 valence electrons. The first-order valence-corrected chi connectivity index (χ1v) is 12.4. The van der Waals surface area contributed by atoms with Gasteiger partial charge in [-0.25, -0.2) is 4.98 Å². The Hall–Kier alpha value is -2.99. The maximum atomic E-state index is 13.1. The smallest absolute Gasteiger partial charge is 0.227 e. The summed E-state index contributed by atoms with van der Waals surface area (Å²) in [6.45, 7) is 3.08. The molecule has 2 aliphatic heterocycles. The van der Waals surface area contributed by atoms with E-state index in [1.54, 1.807) is 37.0 Å². The lowest BCUT2D eigenvalue weighted by atomic mass is 9.75. The summed E-state index contributed by atoms with van der Waals surface area (Å²) in [5, 5.41) is 23.0. The van der Waals surface area contributed by atoms with E-state index in [4.69, 9.17) is 4.42 Å². The minimum absolute atomic E-state index is 0.0242. The Morgan fingerprint density at radius 3 is 2.82 bits per heavy atom. The average molecular weight is 469 g/mol. The molecule has 4 rings (SSSR count). The lowest BCUT2D eigenvalue weighted by Crippen LogP contribution is -2.47. The Morgan fingerprint density at radius 2 is 2.12 bits per heavy atom. The van der Waals surface area contributed by atoms with E-state index in [2.05, 4.69) is 21.3 Å². The van der Waals surface area contributed by atoms with Crippen molar-refractivity contribution in [2.45, 2.75) is 50.5 Å². The largest absolute Gasteiger partial charge is 0.502 e. The van der Waals surface area contributed by atoms with Crippen molar-refractivity contribution in [1.29, 1.82) is 5.26 Å². The number of thioether (sulfide) groups is 1. The van der Waals surface area contributed by atoms with Gasteiger partial charge in [0.1, 0.15) is 17.6 Å². The molecule has 0 bridgehead atoms. The molecular weight excluding hydrogens is 440 g/mol. The van der Waals surface area contributed by atoms with E-state index in [-0.39, 0.29) is 29.9 Å². The first-order chi connectivity index (χ1) is 15.9. The minimum Gasteiger partial charge on any atom is -0.502 e. The highest BCUT2D eigenvalue weighted by molar-refractivity contribution is 7.99. The summed E-state index contributed by atoms with van der Waals surface area (Å²) in [6.07, 6.45) is 4.69. The van der Waals surface area contributed by atoms with Crippen LogP contribution in [0.25, 0.3) is 0 Å². The number of nitriles is 1. The molecule has 0 radical (unpaired) electrons. The highest BCUT2D eigenvalue weighted by Gasteiger charge is 2.42. The van der Waals surface area contributed by atoms with Gasteiger partial charge in [-0.1, -0.05) is 0 Å². The van der Waals surface area contributed by atoms with Crippen LogP contribution in [0.3, 0.4) is 0 Å². The molecule has 2 saturated heterocycles. The van der Waals surface area contributed by atoms with E-state index in [9.17, 15) is 20.0 Å². The van der Waals surface area contributed by atoms with Crippen LogP contribution >= 0.6 is 11.8 Å². The Balaban J connectivity index is 1.43. The second-order valence-electron chi connectivity index (χ2n) is 8.78. The quantitative estimate of drug-likeness (QED) is 0.687. The van der Waals surface area contributed by atoms with Crippen LogP contribution in [0.4, 0.5) is 5.82 Å². The van der Waals surface area contributed by atoms with Gasteiger partial charge < -0.3 is 19.7 Å². The highest BCUT2D eigenvalue weighted by atomic mass is 32.2. The maximum absolute atomic E-state index is 13.1. The van der Waals surface area contributed by atoms with Crippen LogP contribution in [0.15, 0.2) is 33.6 Å². The third-order valence-corrected chi connectivity index (χ3v) is 7.53. The molecule has 2 aliphatic rings. The molecular formula is C24H28N4O4S. The second kappa shape index (κ2) is 9.87. The van der Waals surface area contributed by atoms with Crippen molar-refractivity contribution in [1.82, 2.24) is 10.3 Å². The third-order valence-electron chi connectivity index (χ3n) is 6.54. The zero-order chi connectivity index (χ0) is 23.4. The highest BCUT2D eigenvalue weighted by Crippen LogP contribution is 2.44. The van der Waals surface area contributed by atoms with Crippen LogP contribution in [0, 0.1) is 18.3 Å². The molecule has 0 aliphatic carbocycles. The van der Waals surface area contributed by atoms with Gasteiger partial charge in [-0.3, -0.25) is 9.59 Å². The summed E-state index contributed by atoms with van der Waals surface area (Å²) < 4.78 is 5.83. The molecule has 2 aromatic heterocycles. The standard InChI is InChI=1S/C24H28N4O4S/c1-16-13-19(29)21(31)22(32-16)24(6-11-33-12-7-24)14-20(30)27-18-4-9-28(10-5-18)23-17(15-25)3-2-8-26-23/h2-3,8,13,18,31H,4-7,9-12,14H2,1H3,(H,27,30). The number of piperidine rings is 1. The summed E-state index contributed by atoms with van der Waals surface area (Å²) >= 11 is 1.80. The lowest BCUT2D eigenvalue weighted by molar-refractivity contribution is -0.123. The van der Waals surface area contributed by atoms with Crippen LogP contribution in [0.1, 0.15) is 49.2 Å². The van der Waals surface area contributed by atoms with Gasteiger partial charge in [-0.05, 0) is 56.2 Å². The SMILES string of the molecule is Cc1cc(=O)c(O)c(C2(CC(=O)NC3CCN(c4ncccc4C#N)CC3)CCSCC2)o1. The molecule has 2 N–H and O–H groups in total. The van der Waals surface area contributed by atoms with Crippen molar-refractivity contribution in [2.24, 2.45) is 0 Å². The number of hydrogen-bond donors (Lipinski definition) is 2. The van der Waals surface area contributed by atoms with Gasteiger partial charge >= 0.3 is 0 Å². The molecule has 8 nitrogen and oxygen atoms in total. The summed E-state index contributed by atoms with van der Waals surface area (Å²) in [4.78, 5) is 31.7. The van der Waals surface area contributed by atoms with Crippen LogP contribution < -0.4 is 15.6 Å². The molecule has 2 aromatic rings. The Bertz CT molecular complexity index is 1110. The van der Waals surface area contributed by atoms with Crippen molar-refractivity contribution >= 4 is 23.5 Å². The Morgan fingerprint density at radius 1 is 1.39 bits per heavy atom. The molecule has 0 unspecified atom stereocenters. The molecule has 0 aromatic carbocycles. The number of aromatic nitrogens is 1. The maximum Gasteiger partial charge on any atom is 0.227 e. The number of amides is 1. The number of hydrogen-bond acceptors (Lipinski definition) is 8. The van der Waals surface area contributed by atoms with Crippen molar-refractivity contribution in [3.8, 4) is 11.8 Å². The summed E-state index contributed by atoms with van der Waals surface area (Å²) in [5.41, 5.74) is -0.594. The molecule has 4 heterocycles. The number of anilines is 1. The predicted molar refractivity (Wildman–Crippen MR) is 127 cm³/mol. The van der Waals surface area contributed by atoms with Gasteiger partial charge in [0.05, 0.1) is 5.56 Å². The van der Waals surface area contributed by atoms with Gasteiger partial charge in [-0.2, -0.15) is 17.0 Å². The van der Waals surface area contributed by atoms with E-state index in [0.29, 0.717) is 43.1 Å². The van der Waals surface area contributed by atoms with Crippen LogP contribution in [0.5, 0.6) is 5.75 Å². The molecule has 1 amide bonds. The number of rotatable bonds is 5. The Labute approximate surface area is 197 Å². The first-order valence-electron chi connectivity index (χ1n) is 11.2. The molecule has 0 spiro atoms. The molecule has 2 fully saturated rings. The third kappa shape index (κ3) is 5.01. The van der Waals surface area contributed by atoms with Crippen LogP contribution in [0.2, 0.25) is 0 Å². The fourth-order valence-corrected chi connectivity index (χ4v) is 6.04. The van der Waals surface area contributed by atoms with Crippen molar-refractivity contribution < 1.29 is 14.3 Å². The van der Waals surface area contributed by atoms with E-state index in [0.717, 1.165) is 24.3 Å². The fourth-order valence-electron chi connectivity index (χ4n) is 4.77. The topological polar surface area (TPSA) is 119 Å². The minimum atomic E-state index is -0.680. The molecule has 9 heteroatoms. The monoisotopic (exact) mass is 468 g/mol. The number of carbonyl (C=O) groups excluding carboxylic acids is 1. The zero-order valence-electron chi connectivity index (χ0n) is 18.7. The zero-order valence-corrected chi connectivity index (χ0v) is 19.5. The number of carbonyl (C=O) groups is 1. The number of aromatic hydroxyl groups is 1. The molecule has 0 saturated carbocycles. The Kier molecular flexibility index (Phi) is 6.94. The van der Waals surface area contributed by atoms with Gasteiger partial charge in [0.25, 0.3) is 0 Å². The summed E-state index contributed by atoms with van der Waals surface area (Å²) in [6, 6.07) is 7.00. The van der Waals surface area contributed by atoms with E-state index in [1.165, 1.54) is 6.07 Å². The molecule has 0 atom stereocenters. The van der Waals surface area contributed by atoms with Gasteiger partial charge in [0.15, 0.2) is 5.76 Å². The van der Waals surface area contributed by atoms with E-state index >= 15 is 0 Å². The normalized spacial score (nSPS) is 18.5. The lowest BCUT2D eigenvalue weighted by Gasteiger charge is -2.37. The number of nitrogens with one attached hydrogen (secondary N) is 1. The van der Waals surface area contributed by atoms with E-state index < -0.39 is 10.8 Å². The summed E-state index contributed by atoms with van der Waals surface area (Å²) in [5.74, 6) is 2.58. The fraction of sp³-hybridized carbons (Fsp3) is 0.500. The predicted octanol–water partition coefficient (Wildman–Crippen LogP) is 2.86. The second-order valence-corrected chi connectivity index (χ2v) is 10.0. The summed E-state index contributed by atoms with van der Waals surface area (Å²) in [7, 11) is 0. The van der Waals surface area contributed by atoms with E-state index in [1.807, 2.05) is 0 Å². The number of aryl methyl sites for hydroxylation is 1. The number of pyridine rings is 1. The average Bonchev–Trinajstić information content (AvgIpc) is 2.82. The van der Waals surface area contributed by atoms with Crippen molar-refractivity contribution in [3.63, 3.8) is 0 Å². The van der Waals surface area contributed by atoms with Crippen molar-refractivity contribution in [3.05, 3.63) is 51.7 Å². The first kappa shape index (κ1) is 23.2. The van der Waals surface area contributed by atoms with Gasteiger partial charge in [0.2, 0.25) is 17.1 Å². The van der Waals surface area contributed by atoms with Crippen LogP contribution in [-0.2, 0) is 10.2 Å². The van der Waals surface area contributed by atoms with Crippen molar-refractivity contribution in [2.75, 3.05) is 29.5 Å². The number of nitrogens with zero attached hydrogens (tertiary/aromatic N) is 3. The van der Waals surface area contributed by atoms with Gasteiger partial charge in [0, 0.05) is 43.2 Å².